The Balaban J connectivity index is 1.93. The molecule has 4 nitrogen and oxygen atoms in total. The van der Waals surface area contributed by atoms with Crippen LogP contribution in [-0.2, 0) is 4.74 Å². The van der Waals surface area contributed by atoms with Gasteiger partial charge in [0.25, 0.3) is 0 Å². The number of urea groups is 1. The third-order valence-electron chi connectivity index (χ3n) is 3.49. The van der Waals surface area contributed by atoms with Crippen molar-refractivity contribution < 1.29 is 9.53 Å². The molecule has 4 heteroatoms. The lowest BCUT2D eigenvalue weighted by molar-refractivity contribution is 0.0105. The fourth-order valence-corrected chi connectivity index (χ4v) is 2.45. The predicted molar refractivity (Wildman–Crippen MR) is 62.4 cm³/mol. The van der Waals surface area contributed by atoms with Gasteiger partial charge >= 0.3 is 6.03 Å². The lowest BCUT2D eigenvalue weighted by atomic mass is 10.2. The minimum atomic E-state index is 0.220. The summed E-state index contributed by atoms with van der Waals surface area (Å²) in [5.74, 6) is 0. The Hall–Kier alpha value is -0.770. The SMILES string of the molecule is C[C@@H]1COCCN1C(=O)N1CCCCCC1. The number of likely N-dealkylation sites (tertiary alicyclic amines) is 1. The van der Waals surface area contributed by atoms with Gasteiger partial charge in [0.15, 0.2) is 0 Å². The zero-order valence-corrected chi connectivity index (χ0v) is 10.2. The largest absolute Gasteiger partial charge is 0.377 e. The molecule has 2 aliphatic rings. The zero-order valence-electron chi connectivity index (χ0n) is 10.2. The van der Waals surface area contributed by atoms with Gasteiger partial charge in [-0.3, -0.25) is 0 Å². The van der Waals surface area contributed by atoms with Gasteiger partial charge in [-0.05, 0) is 19.8 Å². The van der Waals surface area contributed by atoms with Crippen LogP contribution < -0.4 is 0 Å². The van der Waals surface area contributed by atoms with Crippen LogP contribution >= 0.6 is 0 Å². The fraction of sp³-hybridized carbons (Fsp3) is 0.917. The van der Waals surface area contributed by atoms with Gasteiger partial charge in [-0.2, -0.15) is 0 Å². The van der Waals surface area contributed by atoms with Crippen molar-refractivity contribution in [2.24, 2.45) is 0 Å². The molecule has 0 aromatic rings. The van der Waals surface area contributed by atoms with E-state index < -0.39 is 0 Å². The molecule has 2 aliphatic heterocycles. The second-order valence-electron chi connectivity index (χ2n) is 4.80. The first-order valence-electron chi connectivity index (χ1n) is 6.42. The summed E-state index contributed by atoms with van der Waals surface area (Å²) < 4.78 is 5.36. The van der Waals surface area contributed by atoms with Crippen LogP contribution in [0.15, 0.2) is 0 Å². The molecule has 0 saturated carbocycles. The summed E-state index contributed by atoms with van der Waals surface area (Å²) >= 11 is 0. The van der Waals surface area contributed by atoms with Gasteiger partial charge in [0, 0.05) is 19.6 Å². The van der Waals surface area contributed by atoms with E-state index in [1.54, 1.807) is 0 Å². The highest BCUT2D eigenvalue weighted by Gasteiger charge is 2.27. The number of rotatable bonds is 0. The van der Waals surface area contributed by atoms with Crippen molar-refractivity contribution in [3.63, 3.8) is 0 Å². The number of morpholine rings is 1. The van der Waals surface area contributed by atoms with Crippen molar-refractivity contribution in [1.29, 1.82) is 0 Å². The van der Waals surface area contributed by atoms with Gasteiger partial charge < -0.3 is 14.5 Å². The lowest BCUT2D eigenvalue weighted by Crippen LogP contribution is -2.52. The maximum absolute atomic E-state index is 12.3. The standard InChI is InChI=1S/C12H22N2O2/c1-11-10-16-9-8-14(11)12(15)13-6-4-2-3-5-7-13/h11H,2-10H2,1H3/t11-/m1/s1. The molecule has 0 aliphatic carbocycles. The number of amides is 2. The molecule has 0 bridgehead atoms. The Kier molecular flexibility index (Phi) is 4.04. The number of carbonyl (C=O) groups excluding carboxylic acids is 1. The van der Waals surface area contributed by atoms with Crippen LogP contribution in [0.4, 0.5) is 4.79 Å². The second kappa shape index (κ2) is 5.53. The van der Waals surface area contributed by atoms with Crippen molar-refractivity contribution in [2.45, 2.75) is 38.6 Å². The Labute approximate surface area is 97.5 Å². The molecule has 2 amide bonds. The van der Waals surface area contributed by atoms with E-state index >= 15 is 0 Å². The van der Waals surface area contributed by atoms with Crippen LogP contribution in [0.2, 0.25) is 0 Å². The summed E-state index contributed by atoms with van der Waals surface area (Å²) in [4.78, 5) is 16.3. The molecular weight excluding hydrogens is 204 g/mol. The first-order chi connectivity index (χ1) is 7.79. The van der Waals surface area contributed by atoms with Crippen molar-refractivity contribution in [2.75, 3.05) is 32.8 Å². The van der Waals surface area contributed by atoms with Gasteiger partial charge in [0.05, 0.1) is 19.3 Å². The molecule has 2 fully saturated rings. The Morgan fingerprint density at radius 3 is 2.44 bits per heavy atom. The summed E-state index contributed by atoms with van der Waals surface area (Å²) in [5.41, 5.74) is 0. The van der Waals surface area contributed by atoms with Crippen molar-refractivity contribution in [3.8, 4) is 0 Å². The average Bonchev–Trinajstić information content (AvgIpc) is 2.57. The van der Waals surface area contributed by atoms with E-state index in [4.69, 9.17) is 4.74 Å². The number of nitrogens with zero attached hydrogens (tertiary/aromatic N) is 2. The summed E-state index contributed by atoms with van der Waals surface area (Å²) in [6, 6.07) is 0.446. The number of carbonyl (C=O) groups is 1. The van der Waals surface area contributed by atoms with E-state index in [0.717, 1.165) is 32.5 Å². The first-order valence-corrected chi connectivity index (χ1v) is 6.42. The van der Waals surface area contributed by atoms with Crippen LogP contribution in [0.3, 0.4) is 0 Å². The minimum Gasteiger partial charge on any atom is -0.377 e. The maximum Gasteiger partial charge on any atom is 0.320 e. The highest BCUT2D eigenvalue weighted by atomic mass is 16.5. The second-order valence-corrected chi connectivity index (χ2v) is 4.80. The van der Waals surface area contributed by atoms with E-state index in [1.165, 1.54) is 12.8 Å². The van der Waals surface area contributed by atoms with Crippen LogP contribution in [0.1, 0.15) is 32.6 Å². The molecule has 0 N–H and O–H groups in total. The molecule has 0 spiro atoms. The molecular formula is C12H22N2O2. The summed E-state index contributed by atoms with van der Waals surface area (Å²) in [6.07, 6.45) is 4.85. The molecule has 16 heavy (non-hydrogen) atoms. The van der Waals surface area contributed by atoms with Crippen molar-refractivity contribution in [1.82, 2.24) is 9.80 Å². The molecule has 0 aromatic carbocycles. The smallest absolute Gasteiger partial charge is 0.320 e. The van der Waals surface area contributed by atoms with E-state index in [-0.39, 0.29) is 12.1 Å². The van der Waals surface area contributed by atoms with Crippen LogP contribution in [0, 0.1) is 0 Å². The third-order valence-corrected chi connectivity index (χ3v) is 3.49. The van der Waals surface area contributed by atoms with Gasteiger partial charge in [-0.15, -0.1) is 0 Å². The Bertz CT molecular complexity index is 237. The maximum atomic E-state index is 12.3. The van der Waals surface area contributed by atoms with Gasteiger partial charge in [-0.25, -0.2) is 4.79 Å². The van der Waals surface area contributed by atoms with E-state index in [1.807, 2.05) is 9.80 Å². The Morgan fingerprint density at radius 1 is 1.12 bits per heavy atom. The molecule has 0 unspecified atom stereocenters. The predicted octanol–water partition coefficient (Wildman–Crippen LogP) is 1.70. The molecule has 0 aromatic heterocycles. The first kappa shape index (κ1) is 11.7. The van der Waals surface area contributed by atoms with Crippen LogP contribution in [-0.4, -0.2) is 54.7 Å². The molecule has 2 rings (SSSR count). The van der Waals surface area contributed by atoms with Crippen LogP contribution in [0.25, 0.3) is 0 Å². The van der Waals surface area contributed by atoms with Crippen molar-refractivity contribution in [3.05, 3.63) is 0 Å². The monoisotopic (exact) mass is 226 g/mol. The van der Waals surface area contributed by atoms with E-state index in [2.05, 4.69) is 6.92 Å². The summed E-state index contributed by atoms with van der Waals surface area (Å²) in [5, 5.41) is 0. The number of ether oxygens (including phenoxy) is 1. The number of hydrogen-bond donors (Lipinski definition) is 0. The van der Waals surface area contributed by atoms with Gasteiger partial charge in [-0.1, -0.05) is 12.8 Å². The molecule has 2 heterocycles. The summed E-state index contributed by atoms with van der Waals surface area (Å²) in [6.45, 7) is 6.04. The quantitative estimate of drug-likeness (QED) is 0.630. The Morgan fingerprint density at radius 2 is 1.81 bits per heavy atom. The van der Waals surface area contributed by atoms with Gasteiger partial charge in [0.2, 0.25) is 0 Å². The normalized spacial score (nSPS) is 27.7. The third kappa shape index (κ3) is 2.67. The highest BCUT2D eigenvalue weighted by molar-refractivity contribution is 5.75. The van der Waals surface area contributed by atoms with E-state index in [9.17, 15) is 4.79 Å². The molecule has 92 valence electrons. The fourth-order valence-electron chi connectivity index (χ4n) is 2.45. The number of hydrogen-bond acceptors (Lipinski definition) is 2. The molecule has 2 saturated heterocycles. The summed E-state index contributed by atoms with van der Waals surface area (Å²) in [7, 11) is 0. The van der Waals surface area contributed by atoms with Gasteiger partial charge in [0.1, 0.15) is 0 Å². The highest BCUT2D eigenvalue weighted by Crippen LogP contribution is 2.14. The van der Waals surface area contributed by atoms with Crippen molar-refractivity contribution >= 4 is 6.03 Å². The van der Waals surface area contributed by atoms with Crippen LogP contribution in [0.5, 0.6) is 0 Å². The topological polar surface area (TPSA) is 32.8 Å². The zero-order chi connectivity index (χ0) is 11.4. The average molecular weight is 226 g/mol. The lowest BCUT2D eigenvalue weighted by Gasteiger charge is -2.37. The molecule has 1 atom stereocenters. The van der Waals surface area contributed by atoms with E-state index in [0.29, 0.717) is 13.2 Å². The minimum absolute atomic E-state index is 0.220. The molecule has 0 radical (unpaired) electrons.